The molecule has 0 saturated carbocycles. The summed E-state index contributed by atoms with van der Waals surface area (Å²) < 4.78 is 0.914. The minimum Gasteiger partial charge on any atom is -0.361 e. The van der Waals surface area contributed by atoms with E-state index in [0.717, 1.165) is 22.1 Å². The summed E-state index contributed by atoms with van der Waals surface area (Å²) in [5.74, 6) is 0.0108. The Bertz CT molecular complexity index is 765. The van der Waals surface area contributed by atoms with E-state index in [1.54, 1.807) is 6.20 Å². The van der Waals surface area contributed by atoms with Crippen molar-refractivity contribution in [3.8, 4) is 0 Å². The van der Waals surface area contributed by atoms with Crippen molar-refractivity contribution in [2.75, 3.05) is 5.32 Å². The first-order chi connectivity index (χ1) is 10.2. The number of anilines is 1. The molecule has 0 bridgehead atoms. The number of thiazole rings is 1. The zero-order valence-electron chi connectivity index (χ0n) is 11.2. The molecule has 21 heavy (non-hydrogen) atoms. The van der Waals surface area contributed by atoms with Gasteiger partial charge in [-0.15, -0.1) is 0 Å². The fourth-order valence-electron chi connectivity index (χ4n) is 2.27. The lowest BCUT2D eigenvalue weighted by Crippen LogP contribution is -2.11. The number of amides is 1. The molecule has 0 atom stereocenters. The normalized spacial score (nSPS) is 10.9. The number of aromatic nitrogens is 2. The Morgan fingerprint density at radius 3 is 3.05 bits per heavy atom. The van der Waals surface area contributed by atoms with Crippen LogP contribution in [-0.2, 0) is 11.2 Å². The lowest BCUT2D eigenvalue weighted by molar-refractivity contribution is -0.116. The van der Waals surface area contributed by atoms with Gasteiger partial charge in [-0.3, -0.25) is 4.79 Å². The lowest BCUT2D eigenvalue weighted by Gasteiger charge is -2.01. The quantitative estimate of drug-likeness (QED) is 0.707. The number of aryl methyl sites for hydroxylation is 1. The van der Waals surface area contributed by atoms with Crippen molar-refractivity contribution in [1.82, 2.24) is 9.97 Å². The molecule has 3 aromatic rings. The lowest BCUT2D eigenvalue weighted by atomic mass is 10.1. The van der Waals surface area contributed by atoms with Crippen molar-refractivity contribution in [3.63, 3.8) is 0 Å². The second-order valence-electron chi connectivity index (χ2n) is 4.73. The van der Waals surface area contributed by atoms with Crippen molar-refractivity contribution in [3.05, 3.63) is 46.0 Å². The zero-order chi connectivity index (χ0) is 14.7. The standard InChI is InChI=1S/C15H14BrN3OS/c16-13-9-18-15(21-13)19-14(20)7-3-4-10-8-17-12-6-2-1-5-11(10)12/h1-2,5-6,8-9,17H,3-4,7H2,(H,18,19,20). The van der Waals surface area contributed by atoms with Crippen molar-refractivity contribution >= 4 is 49.2 Å². The van der Waals surface area contributed by atoms with Gasteiger partial charge in [0.25, 0.3) is 0 Å². The number of H-pyrrole nitrogens is 1. The van der Waals surface area contributed by atoms with E-state index in [1.165, 1.54) is 22.3 Å². The smallest absolute Gasteiger partial charge is 0.226 e. The average Bonchev–Trinajstić information content (AvgIpc) is 3.06. The van der Waals surface area contributed by atoms with Crippen LogP contribution in [0.25, 0.3) is 10.9 Å². The molecule has 2 aromatic heterocycles. The summed E-state index contributed by atoms with van der Waals surface area (Å²) in [6.07, 6.45) is 5.92. The second kappa shape index (κ2) is 6.41. The van der Waals surface area contributed by atoms with Crippen LogP contribution in [-0.4, -0.2) is 15.9 Å². The first-order valence-electron chi connectivity index (χ1n) is 6.68. The van der Waals surface area contributed by atoms with Gasteiger partial charge in [0.15, 0.2) is 5.13 Å². The van der Waals surface area contributed by atoms with E-state index in [9.17, 15) is 4.79 Å². The van der Waals surface area contributed by atoms with E-state index in [2.05, 4.69) is 43.3 Å². The van der Waals surface area contributed by atoms with Gasteiger partial charge in [0.1, 0.15) is 0 Å². The van der Waals surface area contributed by atoms with Crippen LogP contribution in [0.4, 0.5) is 5.13 Å². The predicted octanol–water partition coefficient (Wildman–Crippen LogP) is 4.35. The molecule has 0 aliphatic heterocycles. The van der Waals surface area contributed by atoms with Gasteiger partial charge in [-0.2, -0.15) is 0 Å². The van der Waals surface area contributed by atoms with Crippen LogP contribution in [0.3, 0.4) is 0 Å². The topological polar surface area (TPSA) is 57.8 Å². The number of nitrogens with zero attached hydrogens (tertiary/aromatic N) is 1. The fourth-order valence-corrected chi connectivity index (χ4v) is 3.39. The Kier molecular flexibility index (Phi) is 4.36. The largest absolute Gasteiger partial charge is 0.361 e. The molecule has 108 valence electrons. The SMILES string of the molecule is O=C(CCCc1c[nH]c2ccccc12)Nc1ncc(Br)s1. The number of halogens is 1. The molecule has 2 N–H and O–H groups in total. The monoisotopic (exact) mass is 363 g/mol. The number of benzene rings is 1. The molecular weight excluding hydrogens is 350 g/mol. The molecule has 0 radical (unpaired) electrons. The Morgan fingerprint density at radius 1 is 1.38 bits per heavy atom. The highest BCUT2D eigenvalue weighted by molar-refractivity contribution is 9.11. The van der Waals surface area contributed by atoms with Crippen LogP contribution in [0.1, 0.15) is 18.4 Å². The van der Waals surface area contributed by atoms with Crippen molar-refractivity contribution in [2.24, 2.45) is 0 Å². The Morgan fingerprint density at radius 2 is 2.24 bits per heavy atom. The van der Waals surface area contributed by atoms with E-state index in [0.29, 0.717) is 11.6 Å². The second-order valence-corrected chi connectivity index (χ2v) is 7.14. The van der Waals surface area contributed by atoms with E-state index < -0.39 is 0 Å². The minimum atomic E-state index is 0.0108. The van der Waals surface area contributed by atoms with Crippen molar-refractivity contribution in [1.29, 1.82) is 0 Å². The molecule has 0 unspecified atom stereocenters. The highest BCUT2D eigenvalue weighted by atomic mass is 79.9. The number of rotatable bonds is 5. The van der Waals surface area contributed by atoms with Gasteiger partial charge in [-0.1, -0.05) is 29.5 Å². The van der Waals surface area contributed by atoms with Gasteiger partial charge in [0.2, 0.25) is 5.91 Å². The molecule has 0 saturated heterocycles. The number of carbonyl (C=O) groups excluding carboxylic acids is 1. The fraction of sp³-hybridized carbons (Fsp3) is 0.200. The maximum absolute atomic E-state index is 11.8. The van der Waals surface area contributed by atoms with Gasteiger partial charge in [0, 0.05) is 23.5 Å². The number of para-hydroxylation sites is 1. The van der Waals surface area contributed by atoms with Crippen LogP contribution in [0.5, 0.6) is 0 Å². The number of aromatic amines is 1. The van der Waals surface area contributed by atoms with Crippen molar-refractivity contribution < 1.29 is 4.79 Å². The Balaban J connectivity index is 1.53. The Labute approximate surface area is 134 Å². The molecule has 0 fully saturated rings. The van der Waals surface area contributed by atoms with Crippen LogP contribution in [0.2, 0.25) is 0 Å². The molecule has 3 rings (SSSR count). The minimum absolute atomic E-state index is 0.0108. The number of nitrogens with one attached hydrogen (secondary N) is 2. The molecule has 0 spiro atoms. The van der Waals surface area contributed by atoms with Crippen LogP contribution in [0.15, 0.2) is 40.4 Å². The first kappa shape index (κ1) is 14.3. The first-order valence-corrected chi connectivity index (χ1v) is 8.29. The summed E-state index contributed by atoms with van der Waals surface area (Å²) in [7, 11) is 0. The summed E-state index contributed by atoms with van der Waals surface area (Å²) >= 11 is 4.74. The molecule has 4 nitrogen and oxygen atoms in total. The van der Waals surface area contributed by atoms with Gasteiger partial charge < -0.3 is 10.3 Å². The van der Waals surface area contributed by atoms with Crippen molar-refractivity contribution in [2.45, 2.75) is 19.3 Å². The van der Waals surface area contributed by atoms with E-state index in [4.69, 9.17) is 0 Å². The van der Waals surface area contributed by atoms with E-state index >= 15 is 0 Å². The average molecular weight is 364 g/mol. The van der Waals surface area contributed by atoms with Crippen LogP contribution in [0, 0.1) is 0 Å². The molecule has 6 heteroatoms. The van der Waals surface area contributed by atoms with Gasteiger partial charge in [0.05, 0.1) is 9.98 Å². The van der Waals surface area contributed by atoms with Gasteiger partial charge in [-0.25, -0.2) is 4.98 Å². The molecule has 1 aromatic carbocycles. The summed E-state index contributed by atoms with van der Waals surface area (Å²) in [6, 6.07) is 8.22. The highest BCUT2D eigenvalue weighted by Crippen LogP contribution is 2.23. The molecule has 0 aliphatic rings. The molecular formula is C15H14BrN3OS. The number of carbonyl (C=O) groups is 1. The number of hydrogen-bond acceptors (Lipinski definition) is 3. The van der Waals surface area contributed by atoms with Gasteiger partial charge >= 0.3 is 0 Å². The summed E-state index contributed by atoms with van der Waals surface area (Å²) in [4.78, 5) is 19.2. The van der Waals surface area contributed by atoms with Crippen LogP contribution < -0.4 is 5.32 Å². The molecule has 1 amide bonds. The third-order valence-electron chi connectivity index (χ3n) is 3.25. The molecule has 0 aliphatic carbocycles. The Hall–Kier alpha value is -1.66. The number of fused-ring (bicyclic) bond motifs is 1. The number of hydrogen-bond donors (Lipinski definition) is 2. The summed E-state index contributed by atoms with van der Waals surface area (Å²) in [5.41, 5.74) is 2.40. The summed E-state index contributed by atoms with van der Waals surface area (Å²) in [5, 5.41) is 4.69. The van der Waals surface area contributed by atoms with E-state index in [1.807, 2.05) is 18.3 Å². The zero-order valence-corrected chi connectivity index (χ0v) is 13.6. The van der Waals surface area contributed by atoms with Crippen LogP contribution >= 0.6 is 27.3 Å². The predicted molar refractivity (Wildman–Crippen MR) is 89.7 cm³/mol. The molecule has 2 heterocycles. The van der Waals surface area contributed by atoms with E-state index in [-0.39, 0.29) is 5.91 Å². The highest BCUT2D eigenvalue weighted by Gasteiger charge is 2.07. The summed E-state index contributed by atoms with van der Waals surface area (Å²) in [6.45, 7) is 0. The third-order valence-corrected chi connectivity index (χ3v) is 4.64. The third kappa shape index (κ3) is 3.51. The van der Waals surface area contributed by atoms with Gasteiger partial charge in [-0.05, 0) is 40.4 Å². The maximum Gasteiger partial charge on any atom is 0.226 e. The maximum atomic E-state index is 11.8.